The van der Waals surface area contributed by atoms with Crippen LogP contribution in [-0.4, -0.2) is 29.7 Å². The van der Waals surface area contributed by atoms with Crippen LogP contribution in [0.1, 0.15) is 52.9 Å². The maximum absolute atomic E-state index is 12.8. The summed E-state index contributed by atoms with van der Waals surface area (Å²) in [6, 6.07) is 3.60. The number of nitrogens with one attached hydrogen (secondary N) is 1. The van der Waals surface area contributed by atoms with Gasteiger partial charge in [0.1, 0.15) is 5.60 Å². The van der Waals surface area contributed by atoms with E-state index in [0.717, 1.165) is 32.1 Å². The summed E-state index contributed by atoms with van der Waals surface area (Å²) in [6.45, 7) is 7.36. The lowest BCUT2D eigenvalue weighted by Gasteiger charge is -2.38. The topological polar surface area (TPSA) is 60.5 Å². The van der Waals surface area contributed by atoms with Gasteiger partial charge >= 0.3 is 0 Å². The van der Waals surface area contributed by atoms with Crippen molar-refractivity contribution in [1.29, 1.82) is 0 Å². The third-order valence-corrected chi connectivity index (χ3v) is 4.24. The normalized spacial score (nSPS) is 24.2. The van der Waals surface area contributed by atoms with Crippen molar-refractivity contribution < 1.29 is 14.3 Å². The quantitative estimate of drug-likeness (QED) is 0.830. The van der Waals surface area contributed by atoms with Gasteiger partial charge in [0.25, 0.3) is 5.91 Å². The number of amides is 1. The number of hydrogen-bond acceptors (Lipinski definition) is 4. The highest BCUT2D eigenvalue weighted by Crippen LogP contribution is 2.36. The number of carbonyl (C=O) groups is 1. The van der Waals surface area contributed by atoms with E-state index in [1.54, 1.807) is 12.3 Å². The lowest BCUT2D eigenvalue weighted by Crippen LogP contribution is -2.48. The molecule has 2 atom stereocenters. The largest absolute Gasteiger partial charge is 0.478 e. The second-order valence-corrected chi connectivity index (χ2v) is 6.32. The summed E-state index contributed by atoms with van der Waals surface area (Å²) in [7, 11) is 0. The van der Waals surface area contributed by atoms with Crippen molar-refractivity contribution in [3.63, 3.8) is 0 Å². The molecule has 0 aromatic carbocycles. The summed E-state index contributed by atoms with van der Waals surface area (Å²) in [6.07, 6.45) is 6.31. The van der Waals surface area contributed by atoms with E-state index >= 15 is 0 Å². The van der Waals surface area contributed by atoms with Crippen molar-refractivity contribution in [2.45, 2.75) is 58.5 Å². The molecule has 1 saturated carbocycles. The first-order chi connectivity index (χ1) is 11.1. The highest BCUT2D eigenvalue weighted by Gasteiger charge is 2.42. The Morgan fingerprint density at radius 1 is 1.43 bits per heavy atom. The summed E-state index contributed by atoms with van der Waals surface area (Å²) < 4.78 is 11.3. The first-order valence-corrected chi connectivity index (χ1v) is 8.64. The van der Waals surface area contributed by atoms with Crippen molar-refractivity contribution in [2.24, 2.45) is 5.92 Å². The molecular formula is C18H28N2O3. The lowest BCUT2D eigenvalue weighted by molar-refractivity contribution is -0.147. The number of rotatable bonds is 7. The Balaban J connectivity index is 2.03. The Hall–Kier alpha value is -1.62. The summed E-state index contributed by atoms with van der Waals surface area (Å²) in [5.41, 5.74) is -0.0276. The van der Waals surface area contributed by atoms with Gasteiger partial charge in [-0.15, -0.1) is 0 Å². The van der Waals surface area contributed by atoms with Crippen LogP contribution in [0.5, 0.6) is 5.88 Å². The monoisotopic (exact) mass is 320 g/mol. The molecule has 0 radical (unpaired) electrons. The average molecular weight is 320 g/mol. The zero-order valence-corrected chi connectivity index (χ0v) is 14.4. The molecular weight excluding hydrogens is 292 g/mol. The van der Waals surface area contributed by atoms with Crippen LogP contribution >= 0.6 is 0 Å². The van der Waals surface area contributed by atoms with Gasteiger partial charge in [0.05, 0.1) is 18.5 Å². The van der Waals surface area contributed by atoms with Crippen molar-refractivity contribution >= 4 is 11.6 Å². The molecule has 1 heterocycles. The third-order valence-electron chi connectivity index (χ3n) is 4.24. The molecule has 1 aromatic rings. The van der Waals surface area contributed by atoms with E-state index in [0.29, 0.717) is 30.7 Å². The van der Waals surface area contributed by atoms with Crippen LogP contribution in [0.2, 0.25) is 0 Å². The van der Waals surface area contributed by atoms with Crippen molar-refractivity contribution in [3.05, 3.63) is 18.3 Å². The second kappa shape index (κ2) is 8.29. The molecule has 2 rings (SSSR count). The molecule has 1 amide bonds. The Labute approximate surface area is 138 Å². The fourth-order valence-electron chi connectivity index (χ4n) is 3.17. The highest BCUT2D eigenvalue weighted by atomic mass is 16.5. The maximum Gasteiger partial charge on any atom is 0.256 e. The van der Waals surface area contributed by atoms with E-state index in [-0.39, 0.29) is 5.91 Å². The van der Waals surface area contributed by atoms with E-state index in [4.69, 9.17) is 9.47 Å². The Bertz CT molecular complexity index is 499. The molecule has 5 heteroatoms. The van der Waals surface area contributed by atoms with Gasteiger partial charge in [-0.1, -0.05) is 20.3 Å². The minimum absolute atomic E-state index is 0.0603. The predicted molar refractivity (Wildman–Crippen MR) is 90.6 cm³/mol. The molecule has 0 unspecified atom stereocenters. The van der Waals surface area contributed by atoms with E-state index in [2.05, 4.69) is 17.2 Å². The minimum atomic E-state index is -0.705. The first kappa shape index (κ1) is 17.7. The Kier molecular flexibility index (Phi) is 6.39. The number of ether oxygens (including phenoxy) is 2. The molecule has 0 saturated heterocycles. The first-order valence-electron chi connectivity index (χ1n) is 8.64. The molecule has 1 aromatic heterocycles. The Morgan fingerprint density at radius 2 is 2.26 bits per heavy atom. The second-order valence-electron chi connectivity index (χ2n) is 6.32. The average Bonchev–Trinajstić information content (AvgIpc) is 2.54. The van der Waals surface area contributed by atoms with E-state index < -0.39 is 5.60 Å². The summed E-state index contributed by atoms with van der Waals surface area (Å²) >= 11 is 0. The molecule has 1 aliphatic rings. The van der Waals surface area contributed by atoms with Crippen LogP contribution in [0.15, 0.2) is 18.3 Å². The molecule has 0 bridgehead atoms. The molecule has 0 aliphatic heterocycles. The van der Waals surface area contributed by atoms with Crippen molar-refractivity contribution in [3.8, 4) is 5.88 Å². The summed E-state index contributed by atoms with van der Waals surface area (Å²) in [5, 5.41) is 2.96. The van der Waals surface area contributed by atoms with Gasteiger partial charge in [0, 0.05) is 12.7 Å². The van der Waals surface area contributed by atoms with Crippen LogP contribution in [-0.2, 0) is 9.53 Å². The summed E-state index contributed by atoms with van der Waals surface area (Å²) in [5.74, 6) is 1.02. The van der Waals surface area contributed by atoms with E-state index in [1.807, 2.05) is 19.9 Å². The molecule has 1 aliphatic carbocycles. The minimum Gasteiger partial charge on any atom is -0.478 e. The van der Waals surface area contributed by atoms with Gasteiger partial charge in [-0.3, -0.25) is 4.79 Å². The van der Waals surface area contributed by atoms with Crippen LogP contribution < -0.4 is 10.1 Å². The van der Waals surface area contributed by atoms with Gasteiger partial charge in [-0.05, 0) is 44.6 Å². The summed E-state index contributed by atoms with van der Waals surface area (Å²) in [4.78, 5) is 17.0. The third kappa shape index (κ3) is 4.67. The van der Waals surface area contributed by atoms with Crippen LogP contribution in [0, 0.1) is 5.92 Å². The smallest absolute Gasteiger partial charge is 0.256 e. The highest BCUT2D eigenvalue weighted by molar-refractivity contribution is 5.97. The fourth-order valence-corrected chi connectivity index (χ4v) is 3.17. The predicted octanol–water partition coefficient (Wildman–Crippen LogP) is 3.79. The van der Waals surface area contributed by atoms with Gasteiger partial charge in [-0.25, -0.2) is 4.98 Å². The van der Waals surface area contributed by atoms with Gasteiger partial charge in [-0.2, -0.15) is 0 Å². The SMILES string of the molecule is CCCOc1ccc(NC(=O)[C@@]2(OCC)CCC[C@@H](C)C2)cn1. The fraction of sp³-hybridized carbons (Fsp3) is 0.667. The van der Waals surface area contributed by atoms with Crippen LogP contribution in [0.4, 0.5) is 5.69 Å². The van der Waals surface area contributed by atoms with E-state index in [1.165, 1.54) is 0 Å². The molecule has 23 heavy (non-hydrogen) atoms. The molecule has 5 nitrogen and oxygen atoms in total. The lowest BCUT2D eigenvalue weighted by atomic mass is 9.78. The van der Waals surface area contributed by atoms with E-state index in [9.17, 15) is 4.79 Å². The van der Waals surface area contributed by atoms with Crippen molar-refractivity contribution in [2.75, 3.05) is 18.5 Å². The number of pyridine rings is 1. The number of hydrogen-bond donors (Lipinski definition) is 1. The van der Waals surface area contributed by atoms with Gasteiger partial charge in [0.15, 0.2) is 0 Å². The van der Waals surface area contributed by atoms with Gasteiger partial charge in [0.2, 0.25) is 5.88 Å². The zero-order valence-electron chi connectivity index (χ0n) is 14.4. The van der Waals surface area contributed by atoms with Crippen molar-refractivity contribution in [1.82, 2.24) is 4.98 Å². The number of nitrogens with zero attached hydrogens (tertiary/aromatic N) is 1. The maximum atomic E-state index is 12.8. The molecule has 1 fully saturated rings. The van der Waals surface area contributed by atoms with Crippen LogP contribution in [0.25, 0.3) is 0 Å². The number of anilines is 1. The molecule has 0 spiro atoms. The standard InChI is InChI=1S/C18H28N2O3/c1-4-11-22-16-9-8-15(13-19-16)20-17(21)18(23-5-2)10-6-7-14(3)12-18/h8-9,13-14H,4-7,10-12H2,1-3H3,(H,20,21)/t14-,18-/m1/s1. The number of aromatic nitrogens is 1. The molecule has 128 valence electrons. The van der Waals surface area contributed by atoms with Gasteiger partial charge < -0.3 is 14.8 Å². The molecule has 1 N–H and O–H groups in total. The van der Waals surface area contributed by atoms with Crippen LogP contribution in [0.3, 0.4) is 0 Å². The Morgan fingerprint density at radius 3 is 2.87 bits per heavy atom. The number of carbonyl (C=O) groups excluding carboxylic acids is 1. The zero-order chi connectivity index (χ0) is 16.7.